The van der Waals surface area contributed by atoms with Gasteiger partial charge in [0.1, 0.15) is 6.04 Å². The zero-order valence-electron chi connectivity index (χ0n) is 7.29. The number of thiocarbonyl (C=S) groups is 1. The third kappa shape index (κ3) is 1.95. The number of urea groups is 1. The summed E-state index contributed by atoms with van der Waals surface area (Å²) in [6.45, 7) is 1.75. The number of hydrogen-bond donors (Lipinski definition) is 2. The molecular weight excluding hydrogens is 192 g/mol. The van der Waals surface area contributed by atoms with Gasteiger partial charge in [0.15, 0.2) is 0 Å². The van der Waals surface area contributed by atoms with Crippen molar-refractivity contribution in [3.05, 3.63) is 0 Å². The predicted octanol–water partition coefficient (Wildman–Crippen LogP) is -0.196. The molecule has 1 rings (SSSR count). The third-order valence-electron chi connectivity index (χ3n) is 1.89. The number of carbonyl (C=O) groups excluding carboxylic acids is 2. The first-order chi connectivity index (χ1) is 6.06. The highest BCUT2D eigenvalue weighted by atomic mass is 32.1. The molecule has 0 unspecified atom stereocenters. The molecule has 0 aromatic rings. The molecule has 0 radical (unpaired) electrons. The molecule has 0 aromatic heterocycles. The minimum absolute atomic E-state index is 0.236. The summed E-state index contributed by atoms with van der Waals surface area (Å²) in [6.07, 6.45) is 0. The van der Waals surface area contributed by atoms with Crippen molar-refractivity contribution in [2.24, 2.45) is 5.92 Å². The molecular formula is C7H10N2O3S. The van der Waals surface area contributed by atoms with Crippen LogP contribution in [0, 0.1) is 5.92 Å². The van der Waals surface area contributed by atoms with E-state index in [0.29, 0.717) is 4.99 Å². The monoisotopic (exact) mass is 202 g/mol. The Morgan fingerprint density at radius 3 is 2.77 bits per heavy atom. The molecule has 2 N–H and O–H groups in total. The molecule has 0 aliphatic carbocycles. The molecule has 1 aliphatic rings. The maximum Gasteiger partial charge on any atom is 0.329 e. The van der Waals surface area contributed by atoms with Crippen LogP contribution in [0.15, 0.2) is 0 Å². The number of hydrogen-bond acceptors (Lipinski definition) is 4. The quantitative estimate of drug-likeness (QED) is 0.456. The maximum absolute atomic E-state index is 11.1. The Labute approximate surface area is 80.8 Å². The van der Waals surface area contributed by atoms with Crippen molar-refractivity contribution in [2.45, 2.75) is 13.0 Å². The predicted molar refractivity (Wildman–Crippen MR) is 49.2 cm³/mol. The highest BCUT2D eigenvalue weighted by molar-refractivity contribution is 7.80. The minimum Gasteiger partial charge on any atom is -0.467 e. The Balaban J connectivity index is 2.77. The molecule has 5 nitrogen and oxygen atoms in total. The van der Waals surface area contributed by atoms with Crippen molar-refractivity contribution in [1.29, 1.82) is 0 Å². The number of methoxy groups -OCH3 is 1. The number of amides is 2. The molecule has 72 valence electrons. The molecule has 0 spiro atoms. The van der Waals surface area contributed by atoms with Gasteiger partial charge in [0.25, 0.3) is 0 Å². The lowest BCUT2D eigenvalue weighted by Crippen LogP contribution is -2.59. The zero-order chi connectivity index (χ0) is 10.0. The fraction of sp³-hybridized carbons (Fsp3) is 0.571. The van der Waals surface area contributed by atoms with E-state index in [1.165, 1.54) is 7.11 Å². The van der Waals surface area contributed by atoms with E-state index in [9.17, 15) is 9.59 Å². The lowest BCUT2D eigenvalue weighted by Gasteiger charge is -2.28. The van der Waals surface area contributed by atoms with E-state index in [4.69, 9.17) is 12.2 Å². The van der Waals surface area contributed by atoms with Crippen molar-refractivity contribution >= 4 is 29.2 Å². The van der Waals surface area contributed by atoms with E-state index >= 15 is 0 Å². The first kappa shape index (κ1) is 9.91. The molecule has 2 atom stereocenters. The average Bonchev–Trinajstić information content (AvgIpc) is 2.10. The van der Waals surface area contributed by atoms with Gasteiger partial charge in [0, 0.05) is 5.92 Å². The van der Waals surface area contributed by atoms with E-state index < -0.39 is 18.0 Å². The average molecular weight is 202 g/mol. The zero-order valence-corrected chi connectivity index (χ0v) is 8.10. The summed E-state index contributed by atoms with van der Waals surface area (Å²) in [7, 11) is 1.27. The topological polar surface area (TPSA) is 67.4 Å². The van der Waals surface area contributed by atoms with Gasteiger partial charge in [-0.2, -0.15) is 0 Å². The molecule has 1 aliphatic heterocycles. The molecule has 13 heavy (non-hydrogen) atoms. The SMILES string of the molecule is COC(=O)[C@H]1NC(=O)NC(=S)[C@H]1C. The lowest BCUT2D eigenvalue weighted by molar-refractivity contribution is -0.143. The fourth-order valence-electron chi connectivity index (χ4n) is 1.07. The maximum atomic E-state index is 11.1. The second kappa shape index (κ2) is 3.69. The highest BCUT2D eigenvalue weighted by Crippen LogP contribution is 2.10. The molecule has 6 heteroatoms. The summed E-state index contributed by atoms with van der Waals surface area (Å²) in [5.74, 6) is -0.718. The summed E-state index contributed by atoms with van der Waals surface area (Å²) in [5.41, 5.74) is 0. The molecule has 1 fully saturated rings. The van der Waals surface area contributed by atoms with Crippen LogP contribution in [0.25, 0.3) is 0 Å². The van der Waals surface area contributed by atoms with E-state index in [1.54, 1.807) is 6.92 Å². The number of esters is 1. The van der Waals surface area contributed by atoms with Crippen LogP contribution in [-0.4, -0.2) is 30.1 Å². The number of rotatable bonds is 1. The van der Waals surface area contributed by atoms with Gasteiger partial charge in [0.05, 0.1) is 12.1 Å². The smallest absolute Gasteiger partial charge is 0.329 e. The van der Waals surface area contributed by atoms with E-state index in [1.807, 2.05) is 0 Å². The lowest BCUT2D eigenvalue weighted by atomic mass is 10.0. The van der Waals surface area contributed by atoms with Gasteiger partial charge in [-0.05, 0) is 0 Å². The van der Waals surface area contributed by atoms with E-state index in [2.05, 4.69) is 15.4 Å². The standard InChI is InChI=1S/C7H10N2O3S/c1-3-4(6(10)12-2)8-7(11)9-5(3)13/h3-4H,1-2H3,(H2,8,9,11,13)/t3-,4-/m0/s1. The second-order valence-electron chi connectivity index (χ2n) is 2.75. The Bertz CT molecular complexity index is 266. The Morgan fingerprint density at radius 2 is 2.23 bits per heavy atom. The summed E-state index contributed by atoms with van der Waals surface area (Å²) >= 11 is 4.87. The van der Waals surface area contributed by atoms with Crippen LogP contribution in [0.1, 0.15) is 6.92 Å². The van der Waals surface area contributed by atoms with Gasteiger partial charge >= 0.3 is 12.0 Å². The van der Waals surface area contributed by atoms with Crippen LogP contribution >= 0.6 is 12.2 Å². The molecule has 0 saturated carbocycles. The third-order valence-corrected chi connectivity index (χ3v) is 2.37. The van der Waals surface area contributed by atoms with Crippen molar-refractivity contribution in [3.63, 3.8) is 0 Å². The first-order valence-corrected chi connectivity index (χ1v) is 4.16. The van der Waals surface area contributed by atoms with Crippen molar-refractivity contribution in [1.82, 2.24) is 10.6 Å². The molecule has 1 heterocycles. The van der Waals surface area contributed by atoms with Crippen molar-refractivity contribution in [3.8, 4) is 0 Å². The molecule has 0 bridgehead atoms. The van der Waals surface area contributed by atoms with Crippen LogP contribution in [0.4, 0.5) is 4.79 Å². The largest absolute Gasteiger partial charge is 0.467 e. The van der Waals surface area contributed by atoms with Gasteiger partial charge in [0.2, 0.25) is 0 Å². The van der Waals surface area contributed by atoms with Gasteiger partial charge < -0.3 is 15.4 Å². The van der Waals surface area contributed by atoms with Crippen LogP contribution in [0.3, 0.4) is 0 Å². The summed E-state index contributed by atoms with van der Waals surface area (Å²) < 4.78 is 4.52. The van der Waals surface area contributed by atoms with Crippen LogP contribution in [0.2, 0.25) is 0 Å². The number of ether oxygens (including phenoxy) is 1. The molecule has 1 saturated heterocycles. The number of carbonyl (C=O) groups is 2. The highest BCUT2D eigenvalue weighted by Gasteiger charge is 2.34. The van der Waals surface area contributed by atoms with Gasteiger partial charge in [-0.3, -0.25) is 0 Å². The summed E-state index contributed by atoms with van der Waals surface area (Å²) in [5, 5.41) is 4.85. The Kier molecular flexibility index (Phi) is 2.82. The van der Waals surface area contributed by atoms with Gasteiger partial charge in [-0.25, -0.2) is 9.59 Å². The Morgan fingerprint density at radius 1 is 1.62 bits per heavy atom. The first-order valence-electron chi connectivity index (χ1n) is 3.75. The van der Waals surface area contributed by atoms with Gasteiger partial charge in [-0.15, -0.1) is 0 Å². The molecule has 0 aromatic carbocycles. The fourth-order valence-corrected chi connectivity index (χ4v) is 1.30. The molecule has 2 amide bonds. The summed E-state index contributed by atoms with van der Waals surface area (Å²) in [6, 6.07) is -1.13. The van der Waals surface area contributed by atoms with Crippen LogP contribution in [0.5, 0.6) is 0 Å². The van der Waals surface area contributed by atoms with Crippen LogP contribution < -0.4 is 10.6 Å². The van der Waals surface area contributed by atoms with Crippen LogP contribution in [-0.2, 0) is 9.53 Å². The summed E-state index contributed by atoms with van der Waals surface area (Å²) in [4.78, 5) is 22.4. The number of nitrogens with one attached hydrogen (secondary N) is 2. The van der Waals surface area contributed by atoms with Crippen molar-refractivity contribution in [2.75, 3.05) is 7.11 Å². The van der Waals surface area contributed by atoms with Gasteiger partial charge in [-0.1, -0.05) is 19.1 Å². The van der Waals surface area contributed by atoms with E-state index in [-0.39, 0.29) is 5.92 Å². The minimum atomic E-state index is -0.675. The van der Waals surface area contributed by atoms with Crippen molar-refractivity contribution < 1.29 is 14.3 Å². The second-order valence-corrected chi connectivity index (χ2v) is 3.19. The normalized spacial score (nSPS) is 27.5. The van der Waals surface area contributed by atoms with E-state index in [0.717, 1.165) is 0 Å². The Hall–Kier alpha value is -1.17.